The third-order valence-electron chi connectivity index (χ3n) is 5.16. The maximum Gasteiger partial charge on any atom is 0.259 e. The molecule has 170 valence electrons. The molecule has 3 rings (SSSR count). The number of nitrogens with zero attached hydrogens (tertiary/aromatic N) is 2. The number of rotatable bonds is 8. The van der Waals surface area contributed by atoms with Gasteiger partial charge < -0.3 is 29.3 Å². The molecule has 1 unspecified atom stereocenters. The highest BCUT2D eigenvalue weighted by molar-refractivity contribution is 6.04. The number of methoxy groups -OCH3 is 2. The smallest absolute Gasteiger partial charge is 0.259 e. The van der Waals surface area contributed by atoms with Crippen LogP contribution in [0.2, 0.25) is 0 Å². The van der Waals surface area contributed by atoms with E-state index in [0.29, 0.717) is 28.6 Å². The van der Waals surface area contributed by atoms with Crippen LogP contribution in [-0.4, -0.2) is 64.1 Å². The van der Waals surface area contributed by atoms with Gasteiger partial charge in [-0.3, -0.25) is 14.4 Å². The van der Waals surface area contributed by atoms with Crippen molar-refractivity contribution in [3.8, 4) is 17.2 Å². The molecule has 0 aliphatic carbocycles. The summed E-state index contributed by atoms with van der Waals surface area (Å²) < 4.78 is 16.0. The highest BCUT2D eigenvalue weighted by Crippen LogP contribution is 2.36. The number of hydrogen-bond acceptors (Lipinski definition) is 6. The summed E-state index contributed by atoms with van der Waals surface area (Å²) in [6, 6.07) is 11.9. The average Bonchev–Trinajstić information content (AvgIpc) is 3.19. The van der Waals surface area contributed by atoms with Crippen molar-refractivity contribution in [1.82, 2.24) is 4.90 Å². The van der Waals surface area contributed by atoms with E-state index >= 15 is 0 Å². The third kappa shape index (κ3) is 5.29. The molecular formula is C23H27N3O6. The van der Waals surface area contributed by atoms with E-state index in [1.54, 1.807) is 68.6 Å². The second-order valence-electron chi connectivity index (χ2n) is 7.53. The predicted octanol–water partition coefficient (Wildman–Crippen LogP) is 2.16. The molecule has 0 aromatic heterocycles. The molecule has 1 saturated heterocycles. The molecule has 2 aromatic rings. The first-order chi connectivity index (χ1) is 15.3. The second kappa shape index (κ2) is 10.0. The van der Waals surface area contributed by atoms with Crippen molar-refractivity contribution in [2.24, 2.45) is 5.92 Å². The number of ether oxygens (including phenoxy) is 3. The Balaban J connectivity index is 1.62. The number of amides is 3. The van der Waals surface area contributed by atoms with Crippen molar-refractivity contribution in [3.05, 3.63) is 42.5 Å². The zero-order chi connectivity index (χ0) is 23.3. The minimum Gasteiger partial charge on any atom is -0.497 e. The molecule has 0 bridgehead atoms. The lowest BCUT2D eigenvalue weighted by atomic mass is 10.1. The van der Waals surface area contributed by atoms with Gasteiger partial charge >= 0.3 is 0 Å². The van der Waals surface area contributed by atoms with Crippen LogP contribution in [0.25, 0.3) is 0 Å². The van der Waals surface area contributed by atoms with Gasteiger partial charge in [0.15, 0.2) is 6.61 Å². The fraction of sp³-hybridized carbons (Fsp3) is 0.348. The fourth-order valence-corrected chi connectivity index (χ4v) is 3.28. The van der Waals surface area contributed by atoms with Crippen LogP contribution in [0.5, 0.6) is 17.2 Å². The molecule has 0 spiro atoms. The summed E-state index contributed by atoms with van der Waals surface area (Å²) in [6.45, 7) is 0.175. The number of anilines is 2. The van der Waals surface area contributed by atoms with Crippen molar-refractivity contribution in [3.63, 3.8) is 0 Å². The Morgan fingerprint density at radius 3 is 2.38 bits per heavy atom. The molecule has 9 heteroatoms. The van der Waals surface area contributed by atoms with E-state index in [2.05, 4.69) is 5.32 Å². The highest BCUT2D eigenvalue weighted by atomic mass is 16.5. The summed E-state index contributed by atoms with van der Waals surface area (Å²) in [5.41, 5.74) is 1.15. The van der Waals surface area contributed by atoms with Crippen molar-refractivity contribution < 1.29 is 28.6 Å². The summed E-state index contributed by atoms with van der Waals surface area (Å²) in [5.74, 6) is 0.577. The summed E-state index contributed by atoms with van der Waals surface area (Å²) in [5, 5.41) is 2.83. The van der Waals surface area contributed by atoms with E-state index < -0.39 is 5.92 Å². The molecule has 1 heterocycles. The van der Waals surface area contributed by atoms with Crippen LogP contribution < -0.4 is 24.4 Å². The maximum atomic E-state index is 12.8. The first-order valence-corrected chi connectivity index (χ1v) is 10.1. The number of nitrogens with one attached hydrogen (secondary N) is 1. The van der Waals surface area contributed by atoms with E-state index in [4.69, 9.17) is 14.2 Å². The Kier molecular flexibility index (Phi) is 7.19. The van der Waals surface area contributed by atoms with Crippen LogP contribution in [0, 0.1) is 5.92 Å². The van der Waals surface area contributed by atoms with Crippen molar-refractivity contribution in [2.75, 3.05) is 51.7 Å². The van der Waals surface area contributed by atoms with Gasteiger partial charge in [-0.15, -0.1) is 0 Å². The molecular weight excluding hydrogens is 414 g/mol. The van der Waals surface area contributed by atoms with Crippen molar-refractivity contribution >= 4 is 29.1 Å². The maximum absolute atomic E-state index is 12.8. The van der Waals surface area contributed by atoms with Gasteiger partial charge in [-0.05, 0) is 36.4 Å². The molecule has 0 radical (unpaired) electrons. The van der Waals surface area contributed by atoms with Gasteiger partial charge in [0.25, 0.3) is 5.91 Å². The number of carbonyl (C=O) groups is 3. The summed E-state index contributed by atoms with van der Waals surface area (Å²) in [6.07, 6.45) is 0.0973. The molecule has 1 aliphatic rings. The predicted molar refractivity (Wildman–Crippen MR) is 119 cm³/mol. The zero-order valence-electron chi connectivity index (χ0n) is 18.6. The van der Waals surface area contributed by atoms with Gasteiger partial charge in [-0.1, -0.05) is 0 Å². The van der Waals surface area contributed by atoms with E-state index in [0.717, 1.165) is 0 Å². The largest absolute Gasteiger partial charge is 0.497 e. The van der Waals surface area contributed by atoms with E-state index in [1.165, 1.54) is 12.0 Å². The van der Waals surface area contributed by atoms with Gasteiger partial charge in [-0.2, -0.15) is 0 Å². The fourth-order valence-electron chi connectivity index (χ4n) is 3.28. The molecule has 1 N–H and O–H groups in total. The van der Waals surface area contributed by atoms with E-state index in [9.17, 15) is 14.4 Å². The molecule has 2 aromatic carbocycles. The van der Waals surface area contributed by atoms with Crippen LogP contribution in [0.4, 0.5) is 11.4 Å². The van der Waals surface area contributed by atoms with Gasteiger partial charge in [0.2, 0.25) is 11.8 Å². The molecule has 1 fully saturated rings. The summed E-state index contributed by atoms with van der Waals surface area (Å²) in [4.78, 5) is 40.0. The van der Waals surface area contributed by atoms with Crippen LogP contribution >= 0.6 is 0 Å². The second-order valence-corrected chi connectivity index (χ2v) is 7.53. The molecule has 0 saturated carbocycles. The van der Waals surface area contributed by atoms with Crippen LogP contribution in [0.1, 0.15) is 6.42 Å². The van der Waals surface area contributed by atoms with Gasteiger partial charge in [0, 0.05) is 38.8 Å². The first kappa shape index (κ1) is 22.9. The highest BCUT2D eigenvalue weighted by Gasteiger charge is 2.36. The molecule has 3 amide bonds. The van der Waals surface area contributed by atoms with Gasteiger partial charge in [-0.25, -0.2) is 0 Å². The Morgan fingerprint density at radius 1 is 1.06 bits per heavy atom. The van der Waals surface area contributed by atoms with Gasteiger partial charge in [0.1, 0.15) is 17.2 Å². The van der Waals surface area contributed by atoms with E-state index in [-0.39, 0.29) is 37.3 Å². The minimum atomic E-state index is -0.507. The lowest BCUT2D eigenvalue weighted by Gasteiger charge is -2.20. The Hall–Kier alpha value is -3.75. The third-order valence-corrected chi connectivity index (χ3v) is 5.16. The Labute approximate surface area is 186 Å². The standard InChI is InChI=1S/C23H27N3O6/c1-25(2)22(28)14-32-17-7-5-16(6-8-17)24-23(29)15-11-21(27)26(13-15)19-12-18(30-3)9-10-20(19)31-4/h5-10,12,15H,11,13-14H2,1-4H3,(H,24,29). The topological polar surface area (TPSA) is 97.4 Å². The number of benzene rings is 2. The number of carbonyl (C=O) groups excluding carboxylic acids is 3. The van der Waals surface area contributed by atoms with Crippen molar-refractivity contribution in [1.29, 1.82) is 0 Å². The van der Waals surface area contributed by atoms with Crippen LogP contribution in [0.3, 0.4) is 0 Å². The first-order valence-electron chi connectivity index (χ1n) is 10.1. The Morgan fingerprint density at radius 2 is 1.75 bits per heavy atom. The lowest BCUT2D eigenvalue weighted by Crippen LogP contribution is -2.28. The minimum absolute atomic E-state index is 0.0630. The molecule has 1 atom stereocenters. The SMILES string of the molecule is COc1ccc(OC)c(N2CC(C(=O)Nc3ccc(OCC(=O)N(C)C)cc3)CC2=O)c1. The van der Waals surface area contributed by atoms with Crippen LogP contribution in [0.15, 0.2) is 42.5 Å². The quantitative estimate of drug-likeness (QED) is 0.674. The summed E-state index contributed by atoms with van der Waals surface area (Å²) >= 11 is 0. The number of likely N-dealkylation sites (N-methyl/N-ethyl adjacent to an activating group) is 1. The van der Waals surface area contributed by atoms with E-state index in [1.807, 2.05) is 0 Å². The van der Waals surface area contributed by atoms with Crippen molar-refractivity contribution in [2.45, 2.75) is 6.42 Å². The molecule has 32 heavy (non-hydrogen) atoms. The zero-order valence-corrected chi connectivity index (χ0v) is 18.6. The molecule has 1 aliphatic heterocycles. The average molecular weight is 441 g/mol. The van der Waals surface area contributed by atoms with Crippen LogP contribution in [-0.2, 0) is 14.4 Å². The Bertz CT molecular complexity index is 990. The number of hydrogen-bond donors (Lipinski definition) is 1. The van der Waals surface area contributed by atoms with Gasteiger partial charge in [0.05, 0.1) is 25.8 Å². The lowest BCUT2D eigenvalue weighted by molar-refractivity contribution is -0.130. The molecule has 9 nitrogen and oxygen atoms in total. The normalized spacial score (nSPS) is 15.3. The monoisotopic (exact) mass is 441 g/mol. The summed E-state index contributed by atoms with van der Waals surface area (Å²) in [7, 11) is 6.39.